The molecular formula is C22H36Cl5NO2Pt. The van der Waals surface area contributed by atoms with Gasteiger partial charge in [0.15, 0.2) is 0 Å². The number of Topliss-reactive ketones (excluding diaryl/α,β-unsaturated/α-hetero) is 2. The third kappa shape index (κ3) is 4.54. The molecule has 0 radical (unpaired) electrons. The van der Waals surface area contributed by atoms with E-state index in [1.807, 2.05) is 0 Å². The molecule has 4 fully saturated rings. The summed E-state index contributed by atoms with van der Waals surface area (Å²) < 4.78 is 0. The van der Waals surface area contributed by atoms with Crippen LogP contribution in [0.25, 0.3) is 0 Å². The molecule has 2 N–H and O–H groups in total. The zero-order valence-electron chi connectivity index (χ0n) is 19.2. The molecule has 0 aromatic heterocycles. The van der Waals surface area contributed by atoms with Gasteiger partial charge in [-0.25, -0.2) is 0 Å². The van der Waals surface area contributed by atoms with Crippen molar-refractivity contribution in [1.29, 1.82) is 0 Å². The van der Waals surface area contributed by atoms with Crippen molar-refractivity contribution in [3.05, 3.63) is 0 Å². The van der Waals surface area contributed by atoms with Crippen molar-refractivity contribution in [2.24, 2.45) is 45.3 Å². The third-order valence-corrected chi connectivity index (χ3v) is 10.2. The first kappa shape index (κ1) is 28.7. The molecule has 0 aliphatic heterocycles. The van der Waals surface area contributed by atoms with E-state index in [9.17, 15) is 9.59 Å². The van der Waals surface area contributed by atoms with Crippen molar-refractivity contribution in [3.63, 3.8) is 0 Å². The molecule has 4 aliphatic rings. The first-order valence-corrected chi connectivity index (χ1v) is 22.1. The normalized spacial score (nSPS) is 42.3. The van der Waals surface area contributed by atoms with E-state index in [2.05, 4.69) is 46.9 Å². The number of hydrogen-bond acceptors (Lipinski definition) is 2. The number of carbonyl (C=O) groups is 2. The van der Waals surface area contributed by atoms with Crippen LogP contribution in [0.2, 0.25) is 0 Å². The van der Waals surface area contributed by atoms with E-state index in [-0.39, 0.29) is 45.9 Å². The maximum atomic E-state index is 13.0. The average molecular weight is 719 g/mol. The minimum absolute atomic E-state index is 0. The SMILES string of the molecule is CC12CCC(C(C[NH2+]CC3C(=O)C4(C)CCC3C4(C)C)C1=O)C2(C)C.[Cl-].[Cl][Pt]([Cl])([Cl])[Cl]. The van der Waals surface area contributed by atoms with Gasteiger partial charge >= 0.3 is 49.6 Å². The van der Waals surface area contributed by atoms with E-state index in [1.165, 1.54) is 12.8 Å². The van der Waals surface area contributed by atoms with Crippen molar-refractivity contribution >= 4 is 49.2 Å². The zero-order chi connectivity index (χ0) is 22.9. The minimum atomic E-state index is -3.06. The van der Waals surface area contributed by atoms with Gasteiger partial charge in [-0.1, -0.05) is 41.5 Å². The van der Waals surface area contributed by atoms with Crippen LogP contribution in [0.15, 0.2) is 0 Å². The van der Waals surface area contributed by atoms with E-state index in [0.29, 0.717) is 23.4 Å². The Morgan fingerprint density at radius 3 is 1.29 bits per heavy atom. The van der Waals surface area contributed by atoms with Crippen LogP contribution >= 0.6 is 37.7 Å². The monoisotopic (exact) mass is 716 g/mol. The zero-order valence-corrected chi connectivity index (χ0v) is 25.2. The van der Waals surface area contributed by atoms with Crippen molar-refractivity contribution in [2.45, 2.75) is 67.2 Å². The molecule has 3 nitrogen and oxygen atoms in total. The van der Waals surface area contributed by atoms with E-state index in [0.717, 1.165) is 25.9 Å². The molecule has 0 spiro atoms. The summed E-state index contributed by atoms with van der Waals surface area (Å²) in [6, 6.07) is 0. The van der Waals surface area contributed by atoms with Crippen molar-refractivity contribution in [3.8, 4) is 0 Å². The van der Waals surface area contributed by atoms with E-state index >= 15 is 0 Å². The van der Waals surface area contributed by atoms with Crippen LogP contribution < -0.4 is 17.7 Å². The van der Waals surface area contributed by atoms with Crippen LogP contribution in [0.5, 0.6) is 0 Å². The van der Waals surface area contributed by atoms with Gasteiger partial charge in [0, 0.05) is 10.8 Å². The molecule has 9 heteroatoms. The molecule has 4 saturated carbocycles. The molecule has 0 amide bonds. The Morgan fingerprint density at radius 1 is 0.774 bits per heavy atom. The molecule has 6 atom stereocenters. The van der Waals surface area contributed by atoms with Crippen LogP contribution in [0.3, 0.4) is 0 Å². The number of halogens is 5. The number of hydrogen-bond donors (Lipinski definition) is 1. The second-order valence-corrected chi connectivity index (χ2v) is 31.1. The third-order valence-electron chi connectivity index (χ3n) is 10.2. The topological polar surface area (TPSA) is 50.8 Å². The Hall–Kier alpha value is 1.44. The number of nitrogens with two attached hydrogens (primary N) is 1. The molecule has 0 aromatic carbocycles. The molecule has 31 heavy (non-hydrogen) atoms. The second kappa shape index (κ2) is 9.14. The predicted octanol–water partition coefficient (Wildman–Crippen LogP) is 2.59. The summed E-state index contributed by atoms with van der Waals surface area (Å²) in [5, 5.41) is 2.31. The van der Waals surface area contributed by atoms with Gasteiger partial charge in [0.1, 0.15) is 11.6 Å². The van der Waals surface area contributed by atoms with Crippen LogP contribution in [-0.4, -0.2) is 24.7 Å². The quantitative estimate of drug-likeness (QED) is 0.487. The maximum absolute atomic E-state index is 13.0. The fourth-order valence-electron chi connectivity index (χ4n) is 7.54. The Bertz CT molecular complexity index is 680. The van der Waals surface area contributed by atoms with Gasteiger partial charge in [0.05, 0.1) is 24.9 Å². The summed E-state index contributed by atoms with van der Waals surface area (Å²) in [6.45, 7) is 15.3. The first-order chi connectivity index (χ1) is 13.5. The van der Waals surface area contributed by atoms with Gasteiger partial charge in [-0.05, 0) is 48.3 Å². The number of quaternary nitrogens is 1. The molecule has 4 bridgehead atoms. The number of fused-ring (bicyclic) bond motifs is 4. The molecule has 0 heterocycles. The summed E-state index contributed by atoms with van der Waals surface area (Å²) in [4.78, 5) is 26.0. The number of ketones is 2. The molecule has 0 aromatic rings. The Labute approximate surface area is 212 Å². The summed E-state index contributed by atoms with van der Waals surface area (Å²) in [5.41, 5.74) is 0.0440. The number of rotatable bonds is 4. The standard InChI is InChI=1S/C22H35NO2.5ClH.Pt/c1-19(2)15-7-9-21(19,5)17(24)13(15)11-23-12-14-16-8-10-22(6,18(14)25)20(16,3)4;;;;;;/h13-16,23H,7-12H2,1-6H3;5*1H;/q;;;;;;+4/p-4. The second-order valence-electron chi connectivity index (χ2n) is 11.4. The van der Waals surface area contributed by atoms with E-state index < -0.39 is 11.9 Å². The van der Waals surface area contributed by atoms with Gasteiger partial charge in [-0.3, -0.25) is 9.59 Å². The Morgan fingerprint density at radius 2 is 1.06 bits per heavy atom. The van der Waals surface area contributed by atoms with E-state index in [1.54, 1.807) is 0 Å². The van der Waals surface area contributed by atoms with Gasteiger partial charge in [-0.2, -0.15) is 0 Å². The van der Waals surface area contributed by atoms with Gasteiger partial charge in [-0.15, -0.1) is 0 Å². The molecular weight excluding hydrogens is 683 g/mol. The summed E-state index contributed by atoms with van der Waals surface area (Å²) in [7, 11) is 20.0. The van der Waals surface area contributed by atoms with E-state index in [4.69, 9.17) is 37.7 Å². The van der Waals surface area contributed by atoms with Crippen LogP contribution in [0.4, 0.5) is 0 Å². The fourth-order valence-corrected chi connectivity index (χ4v) is 7.54. The molecule has 186 valence electrons. The predicted molar refractivity (Wildman–Crippen MR) is 121 cm³/mol. The molecule has 0 saturated heterocycles. The summed E-state index contributed by atoms with van der Waals surface area (Å²) >= 11 is -3.06. The van der Waals surface area contributed by atoms with Gasteiger partial charge < -0.3 is 17.7 Å². The van der Waals surface area contributed by atoms with Gasteiger partial charge in [0.2, 0.25) is 0 Å². The van der Waals surface area contributed by atoms with Crippen LogP contribution in [-0.2, 0) is 21.5 Å². The van der Waals surface area contributed by atoms with Crippen molar-refractivity contribution in [2.75, 3.05) is 13.1 Å². The first-order valence-electron chi connectivity index (χ1n) is 10.9. The Kier molecular flexibility index (Phi) is 8.46. The molecule has 4 aliphatic carbocycles. The van der Waals surface area contributed by atoms with Crippen LogP contribution in [0, 0.1) is 45.3 Å². The molecule has 6 unspecified atom stereocenters. The Balaban J connectivity index is 0.000000514. The average Bonchev–Trinajstić information content (AvgIpc) is 3.06. The van der Waals surface area contributed by atoms with Crippen LogP contribution in [0.1, 0.15) is 67.2 Å². The van der Waals surface area contributed by atoms with Gasteiger partial charge in [0.25, 0.3) is 0 Å². The van der Waals surface area contributed by atoms with Crippen molar-refractivity contribution in [1.82, 2.24) is 0 Å². The summed E-state index contributed by atoms with van der Waals surface area (Å²) in [6.07, 6.45) is 4.53. The summed E-state index contributed by atoms with van der Waals surface area (Å²) in [5.74, 6) is 2.46. The molecule has 4 rings (SSSR count). The number of carbonyl (C=O) groups excluding carboxylic acids is 2. The fraction of sp³-hybridized carbons (Fsp3) is 0.909. The van der Waals surface area contributed by atoms with Crippen molar-refractivity contribution < 1.29 is 39.2 Å².